The van der Waals surface area contributed by atoms with Crippen molar-refractivity contribution in [3.63, 3.8) is 0 Å². The average molecular weight is 612 g/mol. The molecule has 2 aromatic carbocycles. The monoisotopic (exact) mass is 610 g/mol. The number of hydrogen-bond acceptors (Lipinski definition) is 6. The number of sulfone groups is 1. The zero-order valence-corrected chi connectivity index (χ0v) is 25.5. The Balaban J connectivity index is 1.79. The Morgan fingerprint density at radius 2 is 1.68 bits per heavy atom. The molecular weight excluding hydrogens is 575 g/mol. The summed E-state index contributed by atoms with van der Waals surface area (Å²) in [7, 11) is -3.59. The average Bonchev–Trinajstić information content (AvgIpc) is 2.89. The number of halogens is 2. The first-order chi connectivity index (χ1) is 18.8. The third kappa shape index (κ3) is 6.82. The third-order valence-electron chi connectivity index (χ3n) is 7.41. The minimum Gasteiger partial charge on any atom is -0.378 e. The van der Waals surface area contributed by atoms with Crippen LogP contribution in [0.3, 0.4) is 0 Å². The lowest BCUT2D eigenvalue weighted by atomic mass is 9.90. The fraction of sp³-hybridized carbons (Fsp3) is 0.517. The maximum atomic E-state index is 14.2. The van der Waals surface area contributed by atoms with Gasteiger partial charge in [-0.25, -0.2) is 8.42 Å². The molecule has 4 rings (SSSR count). The predicted molar refractivity (Wildman–Crippen MR) is 155 cm³/mol. The van der Waals surface area contributed by atoms with Crippen LogP contribution in [-0.2, 0) is 28.9 Å². The Hall–Kier alpha value is -2.17. The molecule has 2 amide bonds. The van der Waals surface area contributed by atoms with Crippen molar-refractivity contribution in [2.45, 2.75) is 63.2 Å². The van der Waals surface area contributed by atoms with E-state index in [1.54, 1.807) is 80.0 Å². The van der Waals surface area contributed by atoms with Crippen molar-refractivity contribution in [3.8, 4) is 0 Å². The van der Waals surface area contributed by atoms with Gasteiger partial charge in [-0.05, 0) is 63.1 Å². The third-order valence-corrected chi connectivity index (χ3v) is 10.7. The van der Waals surface area contributed by atoms with E-state index in [0.717, 1.165) is 5.56 Å². The lowest BCUT2D eigenvalue weighted by molar-refractivity contribution is -0.181. The summed E-state index contributed by atoms with van der Waals surface area (Å²) in [5.74, 6) is -0.901. The summed E-state index contributed by atoms with van der Waals surface area (Å²) in [4.78, 5) is 30.6. The lowest BCUT2D eigenvalue weighted by Crippen LogP contribution is -2.57. The lowest BCUT2D eigenvalue weighted by Gasteiger charge is -2.47. The summed E-state index contributed by atoms with van der Waals surface area (Å²) in [6.45, 7) is 8.41. The van der Waals surface area contributed by atoms with E-state index in [1.807, 2.05) is 6.07 Å². The molecule has 0 radical (unpaired) electrons. The number of amides is 2. The summed E-state index contributed by atoms with van der Waals surface area (Å²) in [5.41, 5.74) is 1.43. The molecule has 2 fully saturated rings. The number of benzene rings is 2. The van der Waals surface area contributed by atoms with Crippen LogP contribution in [-0.4, -0.2) is 79.0 Å². The molecule has 40 heavy (non-hydrogen) atoms. The number of morpholine rings is 2. The van der Waals surface area contributed by atoms with Gasteiger partial charge in [0.1, 0.15) is 12.2 Å². The zero-order valence-electron chi connectivity index (χ0n) is 23.2. The standard InChI is InChI=1S/C29H36Cl2N2O6S/c1-19(18-40(36,37)29(2,3)4)33-26(20-8-10-22(30)11-9-20)27(21-6-5-7-23(31)16-21)39-24(28(33)35)17-25(34)32-12-14-38-15-13-32/h5-11,16,19,24,26-27H,12-15,17-18H2,1-4H3/t19-,24+,26+,27+/m0/s1. The second kappa shape index (κ2) is 12.4. The molecule has 2 saturated heterocycles. The first kappa shape index (κ1) is 30.8. The van der Waals surface area contributed by atoms with Gasteiger partial charge in [-0.2, -0.15) is 0 Å². The highest BCUT2D eigenvalue weighted by atomic mass is 35.5. The van der Waals surface area contributed by atoms with Gasteiger partial charge >= 0.3 is 0 Å². The van der Waals surface area contributed by atoms with Crippen LogP contribution >= 0.6 is 23.2 Å². The van der Waals surface area contributed by atoms with E-state index in [2.05, 4.69) is 0 Å². The highest BCUT2D eigenvalue weighted by Crippen LogP contribution is 2.44. The van der Waals surface area contributed by atoms with Gasteiger partial charge in [-0.3, -0.25) is 9.59 Å². The second-order valence-corrected chi connectivity index (χ2v) is 14.9. The molecule has 2 aliphatic heterocycles. The number of carbonyl (C=O) groups excluding carboxylic acids is 2. The number of carbonyl (C=O) groups is 2. The Bertz CT molecular complexity index is 1320. The molecule has 0 aromatic heterocycles. The van der Waals surface area contributed by atoms with Gasteiger partial charge in [-0.15, -0.1) is 0 Å². The maximum Gasteiger partial charge on any atom is 0.253 e. The second-order valence-electron chi connectivity index (χ2n) is 11.3. The molecule has 4 atom stereocenters. The van der Waals surface area contributed by atoms with Gasteiger partial charge in [0.25, 0.3) is 5.91 Å². The number of ether oxygens (including phenoxy) is 2. The highest BCUT2D eigenvalue weighted by molar-refractivity contribution is 7.92. The smallest absolute Gasteiger partial charge is 0.253 e. The van der Waals surface area contributed by atoms with Gasteiger partial charge in [0.05, 0.1) is 36.2 Å². The van der Waals surface area contributed by atoms with Crippen molar-refractivity contribution in [2.24, 2.45) is 0 Å². The van der Waals surface area contributed by atoms with Crippen molar-refractivity contribution in [1.29, 1.82) is 0 Å². The molecule has 0 bridgehead atoms. The van der Waals surface area contributed by atoms with Crippen LogP contribution in [0.15, 0.2) is 48.5 Å². The Labute approximate surface area is 246 Å². The molecule has 2 aliphatic rings. The molecule has 0 spiro atoms. The van der Waals surface area contributed by atoms with E-state index >= 15 is 0 Å². The zero-order chi connectivity index (χ0) is 29.2. The maximum absolute atomic E-state index is 14.2. The molecule has 0 unspecified atom stereocenters. The Morgan fingerprint density at radius 3 is 2.27 bits per heavy atom. The predicted octanol–water partition coefficient (Wildman–Crippen LogP) is 4.85. The van der Waals surface area contributed by atoms with E-state index in [4.69, 9.17) is 32.7 Å². The molecular formula is C29H36Cl2N2O6S. The summed E-state index contributed by atoms with van der Waals surface area (Å²) in [6, 6.07) is 12.8. The van der Waals surface area contributed by atoms with Crippen LogP contribution in [0.1, 0.15) is 57.4 Å². The summed E-state index contributed by atoms with van der Waals surface area (Å²) in [5, 5.41) is 1.01. The van der Waals surface area contributed by atoms with Crippen LogP contribution in [0, 0.1) is 0 Å². The van der Waals surface area contributed by atoms with Crippen LogP contribution in [0.5, 0.6) is 0 Å². The molecule has 2 heterocycles. The van der Waals surface area contributed by atoms with E-state index in [1.165, 1.54) is 0 Å². The van der Waals surface area contributed by atoms with E-state index in [0.29, 0.717) is 41.9 Å². The van der Waals surface area contributed by atoms with Gasteiger partial charge < -0.3 is 19.3 Å². The van der Waals surface area contributed by atoms with Crippen LogP contribution in [0.25, 0.3) is 0 Å². The number of hydrogen-bond donors (Lipinski definition) is 0. The SMILES string of the molecule is C[C@@H](CS(=O)(=O)C(C)(C)C)N1C(=O)[C@@H](CC(=O)N2CCOCC2)O[C@H](c2cccc(Cl)c2)[C@H]1c1ccc(Cl)cc1. The normalized spacial score (nSPS) is 23.2. The Morgan fingerprint density at radius 1 is 1.02 bits per heavy atom. The van der Waals surface area contributed by atoms with Crippen LogP contribution in [0.4, 0.5) is 0 Å². The van der Waals surface area contributed by atoms with Gasteiger partial charge in [0.15, 0.2) is 9.84 Å². The van der Waals surface area contributed by atoms with E-state index in [9.17, 15) is 18.0 Å². The number of rotatable bonds is 7. The van der Waals surface area contributed by atoms with Crippen molar-refractivity contribution >= 4 is 44.9 Å². The highest BCUT2D eigenvalue weighted by Gasteiger charge is 2.48. The molecule has 2 aromatic rings. The molecule has 0 aliphatic carbocycles. The topological polar surface area (TPSA) is 93.2 Å². The minimum absolute atomic E-state index is 0.168. The van der Waals surface area contributed by atoms with Crippen LogP contribution in [0.2, 0.25) is 10.0 Å². The first-order valence-electron chi connectivity index (χ1n) is 13.3. The fourth-order valence-corrected chi connectivity index (χ4v) is 6.69. The van der Waals surface area contributed by atoms with Gasteiger partial charge in [0, 0.05) is 29.2 Å². The minimum atomic E-state index is -3.59. The number of nitrogens with zero attached hydrogens (tertiary/aromatic N) is 2. The molecule has 8 nitrogen and oxygen atoms in total. The molecule has 0 saturated carbocycles. The van der Waals surface area contributed by atoms with Crippen LogP contribution < -0.4 is 0 Å². The van der Waals surface area contributed by atoms with E-state index < -0.39 is 44.8 Å². The first-order valence-corrected chi connectivity index (χ1v) is 15.8. The van der Waals surface area contributed by atoms with Gasteiger partial charge in [-0.1, -0.05) is 47.5 Å². The van der Waals surface area contributed by atoms with E-state index in [-0.39, 0.29) is 18.1 Å². The molecule has 11 heteroatoms. The molecule has 0 N–H and O–H groups in total. The van der Waals surface area contributed by atoms with Crippen molar-refractivity contribution in [3.05, 3.63) is 69.7 Å². The van der Waals surface area contributed by atoms with Crippen molar-refractivity contribution in [1.82, 2.24) is 9.80 Å². The van der Waals surface area contributed by atoms with Crippen molar-refractivity contribution < 1.29 is 27.5 Å². The molecule has 218 valence electrons. The quantitative estimate of drug-likeness (QED) is 0.445. The van der Waals surface area contributed by atoms with Gasteiger partial charge in [0.2, 0.25) is 5.91 Å². The fourth-order valence-electron chi connectivity index (χ4n) is 5.07. The summed E-state index contributed by atoms with van der Waals surface area (Å²) >= 11 is 12.5. The van der Waals surface area contributed by atoms with Crippen molar-refractivity contribution in [2.75, 3.05) is 32.1 Å². The Kier molecular flexibility index (Phi) is 9.52. The summed E-state index contributed by atoms with van der Waals surface area (Å²) in [6.07, 6.45) is -2.00. The largest absolute Gasteiger partial charge is 0.378 e. The summed E-state index contributed by atoms with van der Waals surface area (Å²) < 4.78 is 37.4.